The number of rotatable bonds is 5. The zero-order valence-corrected chi connectivity index (χ0v) is 12.7. The van der Waals surface area contributed by atoms with Gasteiger partial charge in [-0.25, -0.2) is 0 Å². The summed E-state index contributed by atoms with van der Waals surface area (Å²) in [6.07, 6.45) is 1.75. The molecule has 3 nitrogen and oxygen atoms in total. The van der Waals surface area contributed by atoms with Crippen molar-refractivity contribution in [1.82, 2.24) is 0 Å². The van der Waals surface area contributed by atoms with Gasteiger partial charge >= 0.3 is 0 Å². The summed E-state index contributed by atoms with van der Waals surface area (Å²) in [5.41, 5.74) is 0.906. The molecule has 0 saturated carbocycles. The molecule has 100 valence electrons. The van der Waals surface area contributed by atoms with E-state index in [-0.39, 0.29) is 0 Å². The van der Waals surface area contributed by atoms with Gasteiger partial charge in [0.25, 0.3) is 0 Å². The monoisotopic (exact) mass is 320 g/mol. The third-order valence-electron chi connectivity index (χ3n) is 2.86. The minimum Gasteiger partial charge on any atom is -0.440 e. The first-order valence-corrected chi connectivity index (χ1v) is 7.16. The summed E-state index contributed by atoms with van der Waals surface area (Å²) in [6, 6.07) is 11.8. The Morgan fingerprint density at radius 1 is 1.11 bits per heavy atom. The molecule has 0 bridgehead atoms. The second-order valence-electron chi connectivity index (χ2n) is 4.08. The van der Waals surface area contributed by atoms with Crippen LogP contribution in [0.4, 0.5) is 11.6 Å². The molecular weight excluding hydrogens is 304 g/mol. The molecule has 0 N–H and O–H groups in total. The lowest BCUT2D eigenvalue weighted by Crippen LogP contribution is -2.20. The highest BCUT2D eigenvalue weighted by molar-refractivity contribution is 9.10. The summed E-state index contributed by atoms with van der Waals surface area (Å²) in [5, 5.41) is 0. The van der Waals surface area contributed by atoms with E-state index in [9.17, 15) is 0 Å². The number of hydrogen-bond donors (Lipinski definition) is 0. The Labute approximate surface area is 122 Å². The maximum Gasteiger partial charge on any atom is 0.196 e. The zero-order valence-electron chi connectivity index (χ0n) is 11.1. The lowest BCUT2D eigenvalue weighted by Gasteiger charge is -2.16. The molecule has 0 aliphatic heterocycles. The predicted molar refractivity (Wildman–Crippen MR) is 83.7 cm³/mol. The standard InChI is InChI=1S/C15H17BrN2O/c1-3-18(4-2)15-10-9-14(19-15)11-17-13-7-5-12(16)6-8-13/h5-11H,3-4H2,1-2H3. The van der Waals surface area contributed by atoms with E-state index in [1.54, 1.807) is 6.21 Å². The Morgan fingerprint density at radius 2 is 1.79 bits per heavy atom. The van der Waals surface area contributed by atoms with Crippen LogP contribution in [0, 0.1) is 0 Å². The fourth-order valence-corrected chi connectivity index (χ4v) is 2.05. The van der Waals surface area contributed by atoms with Gasteiger partial charge in [0.2, 0.25) is 0 Å². The third-order valence-corrected chi connectivity index (χ3v) is 3.38. The second-order valence-corrected chi connectivity index (χ2v) is 5.00. The molecule has 2 rings (SSSR count). The average molecular weight is 321 g/mol. The molecule has 0 atom stereocenters. The van der Waals surface area contributed by atoms with Crippen LogP contribution in [-0.4, -0.2) is 19.3 Å². The van der Waals surface area contributed by atoms with Crippen molar-refractivity contribution < 1.29 is 4.42 Å². The minimum absolute atomic E-state index is 0.768. The highest BCUT2D eigenvalue weighted by Crippen LogP contribution is 2.19. The van der Waals surface area contributed by atoms with Crippen LogP contribution in [0.1, 0.15) is 19.6 Å². The van der Waals surface area contributed by atoms with Gasteiger partial charge in [-0.3, -0.25) is 4.99 Å². The van der Waals surface area contributed by atoms with E-state index in [2.05, 4.69) is 39.7 Å². The first kappa shape index (κ1) is 13.9. The SMILES string of the molecule is CCN(CC)c1ccc(C=Nc2ccc(Br)cc2)o1. The van der Waals surface area contributed by atoms with E-state index in [4.69, 9.17) is 4.42 Å². The van der Waals surface area contributed by atoms with E-state index < -0.39 is 0 Å². The van der Waals surface area contributed by atoms with E-state index in [1.807, 2.05) is 36.4 Å². The smallest absolute Gasteiger partial charge is 0.196 e. The lowest BCUT2D eigenvalue weighted by atomic mass is 10.3. The van der Waals surface area contributed by atoms with E-state index in [0.29, 0.717) is 0 Å². The molecule has 0 saturated heterocycles. The molecule has 4 heteroatoms. The fraction of sp³-hybridized carbons (Fsp3) is 0.267. The molecule has 0 aliphatic carbocycles. The second kappa shape index (κ2) is 6.57. The normalized spacial score (nSPS) is 11.1. The minimum atomic E-state index is 0.768. The summed E-state index contributed by atoms with van der Waals surface area (Å²) in [4.78, 5) is 6.55. The van der Waals surface area contributed by atoms with Crippen LogP contribution in [0.5, 0.6) is 0 Å². The number of furan rings is 1. The topological polar surface area (TPSA) is 28.7 Å². The van der Waals surface area contributed by atoms with Crippen LogP contribution in [-0.2, 0) is 0 Å². The van der Waals surface area contributed by atoms with E-state index >= 15 is 0 Å². The summed E-state index contributed by atoms with van der Waals surface area (Å²) >= 11 is 3.40. The van der Waals surface area contributed by atoms with Crippen molar-refractivity contribution in [3.63, 3.8) is 0 Å². The number of hydrogen-bond acceptors (Lipinski definition) is 3. The Bertz CT molecular complexity index is 542. The van der Waals surface area contributed by atoms with Gasteiger partial charge in [0, 0.05) is 23.6 Å². The maximum absolute atomic E-state index is 5.74. The van der Waals surface area contributed by atoms with Gasteiger partial charge in [-0.2, -0.15) is 0 Å². The van der Waals surface area contributed by atoms with Gasteiger partial charge in [-0.15, -0.1) is 0 Å². The summed E-state index contributed by atoms with van der Waals surface area (Å²) in [6.45, 7) is 6.10. The van der Waals surface area contributed by atoms with Crippen molar-refractivity contribution in [2.75, 3.05) is 18.0 Å². The van der Waals surface area contributed by atoms with Crippen LogP contribution in [0.2, 0.25) is 0 Å². The maximum atomic E-state index is 5.74. The van der Waals surface area contributed by atoms with Crippen LogP contribution < -0.4 is 4.90 Å². The van der Waals surface area contributed by atoms with Crippen LogP contribution >= 0.6 is 15.9 Å². The van der Waals surface area contributed by atoms with Gasteiger partial charge < -0.3 is 9.32 Å². The van der Waals surface area contributed by atoms with Crippen LogP contribution in [0.3, 0.4) is 0 Å². The highest BCUT2D eigenvalue weighted by Gasteiger charge is 2.05. The van der Waals surface area contributed by atoms with Crippen molar-refractivity contribution in [2.45, 2.75) is 13.8 Å². The average Bonchev–Trinajstić information content (AvgIpc) is 2.88. The summed E-state index contributed by atoms with van der Waals surface area (Å²) in [7, 11) is 0. The van der Waals surface area contributed by atoms with Crippen molar-refractivity contribution in [1.29, 1.82) is 0 Å². The van der Waals surface area contributed by atoms with Gasteiger partial charge in [0.15, 0.2) is 5.88 Å². The van der Waals surface area contributed by atoms with Gasteiger partial charge in [0.05, 0.1) is 11.9 Å². The summed E-state index contributed by atoms with van der Waals surface area (Å²) in [5.74, 6) is 1.66. The molecule has 0 spiro atoms. The fourth-order valence-electron chi connectivity index (χ4n) is 1.78. The molecule has 1 heterocycles. The quantitative estimate of drug-likeness (QED) is 0.751. The molecule has 0 unspecified atom stereocenters. The molecule has 0 aliphatic rings. The van der Waals surface area contributed by atoms with Gasteiger partial charge in [0.1, 0.15) is 5.76 Å². The molecule has 1 aromatic heterocycles. The molecule has 1 aromatic carbocycles. The zero-order chi connectivity index (χ0) is 13.7. The largest absolute Gasteiger partial charge is 0.440 e. The highest BCUT2D eigenvalue weighted by atomic mass is 79.9. The molecule has 2 aromatic rings. The van der Waals surface area contributed by atoms with Gasteiger partial charge in [-0.05, 0) is 44.2 Å². The lowest BCUT2D eigenvalue weighted by molar-refractivity contribution is 0.544. The molecule has 19 heavy (non-hydrogen) atoms. The third kappa shape index (κ3) is 3.70. The number of aliphatic imine (C=N–C) groups is 1. The van der Waals surface area contributed by atoms with Crippen molar-refractivity contribution in [3.8, 4) is 0 Å². The number of nitrogens with zero attached hydrogens (tertiary/aromatic N) is 2. The molecular formula is C15H17BrN2O. The predicted octanol–water partition coefficient (Wildman–Crippen LogP) is 4.64. The first-order chi connectivity index (χ1) is 9.22. The van der Waals surface area contributed by atoms with Crippen molar-refractivity contribution in [2.24, 2.45) is 4.99 Å². The van der Waals surface area contributed by atoms with E-state index in [0.717, 1.165) is 34.9 Å². The molecule has 0 radical (unpaired) electrons. The Morgan fingerprint density at radius 3 is 2.42 bits per heavy atom. The van der Waals surface area contributed by atoms with Crippen molar-refractivity contribution >= 4 is 33.7 Å². The van der Waals surface area contributed by atoms with E-state index in [1.165, 1.54) is 0 Å². The van der Waals surface area contributed by atoms with Crippen LogP contribution in [0.15, 0.2) is 50.3 Å². The number of halogens is 1. The molecule has 0 amide bonds. The van der Waals surface area contributed by atoms with Crippen molar-refractivity contribution in [3.05, 3.63) is 46.6 Å². The first-order valence-electron chi connectivity index (χ1n) is 6.37. The van der Waals surface area contributed by atoms with Gasteiger partial charge in [-0.1, -0.05) is 15.9 Å². The van der Waals surface area contributed by atoms with Crippen LogP contribution in [0.25, 0.3) is 0 Å². The summed E-state index contributed by atoms with van der Waals surface area (Å²) < 4.78 is 6.79. The Balaban J connectivity index is 2.09. The number of anilines is 1. The Kier molecular flexibility index (Phi) is 4.80. The molecule has 0 fully saturated rings. The number of benzene rings is 1. The Hall–Kier alpha value is -1.55.